The molecule has 3 heteroatoms. The number of aliphatic hydroxyl groups excluding tert-OH is 1. The molecule has 3 nitrogen and oxygen atoms in total. The van der Waals surface area contributed by atoms with E-state index in [1.807, 2.05) is 12.1 Å². The molecule has 0 saturated heterocycles. The lowest BCUT2D eigenvalue weighted by Crippen LogP contribution is -2.36. The van der Waals surface area contributed by atoms with Crippen LogP contribution in [-0.4, -0.2) is 17.8 Å². The van der Waals surface area contributed by atoms with E-state index in [4.69, 9.17) is 4.74 Å². The number of benzene rings is 2. The van der Waals surface area contributed by atoms with Crippen molar-refractivity contribution in [2.75, 3.05) is 11.5 Å². The van der Waals surface area contributed by atoms with E-state index >= 15 is 0 Å². The SMILES string of the molecule is CC(C)COc1ccc(CO)cc1CN1c2ccccc2CCC1C. The van der Waals surface area contributed by atoms with Gasteiger partial charge in [-0.1, -0.05) is 38.1 Å². The molecular weight excluding hydrogens is 310 g/mol. The topological polar surface area (TPSA) is 32.7 Å². The first-order valence-electron chi connectivity index (χ1n) is 9.28. The number of fused-ring (bicyclic) bond motifs is 1. The molecule has 0 fully saturated rings. The summed E-state index contributed by atoms with van der Waals surface area (Å²) in [6.07, 6.45) is 2.31. The van der Waals surface area contributed by atoms with Crippen molar-refractivity contribution in [3.63, 3.8) is 0 Å². The van der Waals surface area contributed by atoms with Crippen LogP contribution in [0.1, 0.15) is 43.9 Å². The highest BCUT2D eigenvalue weighted by atomic mass is 16.5. The Bertz CT molecular complexity index is 711. The zero-order valence-corrected chi connectivity index (χ0v) is 15.5. The Hall–Kier alpha value is -2.00. The number of nitrogens with zero attached hydrogens (tertiary/aromatic N) is 1. The minimum Gasteiger partial charge on any atom is -0.493 e. The van der Waals surface area contributed by atoms with Crippen LogP contribution >= 0.6 is 0 Å². The van der Waals surface area contributed by atoms with Crippen molar-refractivity contribution in [3.05, 3.63) is 59.2 Å². The number of anilines is 1. The Labute approximate surface area is 151 Å². The second-order valence-corrected chi connectivity index (χ2v) is 7.45. The summed E-state index contributed by atoms with van der Waals surface area (Å²) in [5.74, 6) is 1.42. The summed E-state index contributed by atoms with van der Waals surface area (Å²) in [7, 11) is 0. The van der Waals surface area contributed by atoms with Gasteiger partial charge >= 0.3 is 0 Å². The number of hydrogen-bond donors (Lipinski definition) is 1. The predicted molar refractivity (Wildman–Crippen MR) is 103 cm³/mol. The highest BCUT2D eigenvalue weighted by Crippen LogP contribution is 2.33. The maximum absolute atomic E-state index is 9.53. The van der Waals surface area contributed by atoms with E-state index in [1.54, 1.807) is 0 Å². The molecule has 2 aromatic carbocycles. The van der Waals surface area contributed by atoms with Gasteiger partial charge in [0.25, 0.3) is 0 Å². The molecule has 25 heavy (non-hydrogen) atoms. The van der Waals surface area contributed by atoms with Crippen LogP contribution in [0.3, 0.4) is 0 Å². The molecule has 1 heterocycles. The second-order valence-electron chi connectivity index (χ2n) is 7.45. The van der Waals surface area contributed by atoms with Crippen molar-refractivity contribution < 1.29 is 9.84 Å². The summed E-state index contributed by atoms with van der Waals surface area (Å²) in [4.78, 5) is 2.47. The van der Waals surface area contributed by atoms with Crippen LogP contribution in [0, 0.1) is 5.92 Å². The molecule has 0 spiro atoms. The molecule has 134 valence electrons. The van der Waals surface area contributed by atoms with Gasteiger partial charge in [0.2, 0.25) is 0 Å². The highest BCUT2D eigenvalue weighted by molar-refractivity contribution is 5.57. The third-order valence-corrected chi connectivity index (χ3v) is 4.88. The minimum absolute atomic E-state index is 0.0591. The van der Waals surface area contributed by atoms with Crippen LogP contribution < -0.4 is 9.64 Å². The van der Waals surface area contributed by atoms with Gasteiger partial charge < -0.3 is 14.7 Å². The molecule has 1 atom stereocenters. The molecule has 1 aliphatic rings. The Morgan fingerprint density at radius 1 is 1.20 bits per heavy atom. The average molecular weight is 339 g/mol. The van der Waals surface area contributed by atoms with Crippen molar-refractivity contribution in [2.24, 2.45) is 5.92 Å². The first kappa shape index (κ1) is 17.8. The van der Waals surface area contributed by atoms with E-state index in [0.717, 1.165) is 29.8 Å². The van der Waals surface area contributed by atoms with Crippen LogP contribution in [0.2, 0.25) is 0 Å². The summed E-state index contributed by atoms with van der Waals surface area (Å²) >= 11 is 0. The van der Waals surface area contributed by atoms with Crippen molar-refractivity contribution >= 4 is 5.69 Å². The molecule has 0 amide bonds. The number of rotatable bonds is 6. The van der Waals surface area contributed by atoms with Crippen molar-refractivity contribution in [3.8, 4) is 5.75 Å². The second kappa shape index (κ2) is 7.92. The van der Waals surface area contributed by atoms with Gasteiger partial charge in [0.1, 0.15) is 5.75 Å². The Morgan fingerprint density at radius 2 is 2.00 bits per heavy atom. The third-order valence-electron chi connectivity index (χ3n) is 4.88. The Kier molecular flexibility index (Phi) is 5.64. The average Bonchev–Trinajstić information content (AvgIpc) is 2.62. The van der Waals surface area contributed by atoms with E-state index < -0.39 is 0 Å². The maximum Gasteiger partial charge on any atom is 0.124 e. The van der Waals surface area contributed by atoms with Crippen LogP contribution in [-0.2, 0) is 19.6 Å². The predicted octanol–water partition coefficient (Wildman–Crippen LogP) is 4.56. The summed E-state index contributed by atoms with van der Waals surface area (Å²) in [6, 6.07) is 15.2. The van der Waals surface area contributed by atoms with E-state index in [0.29, 0.717) is 18.6 Å². The standard InChI is InChI=1S/C22H29NO2/c1-16(2)15-25-22-11-9-18(14-24)12-20(22)13-23-17(3)8-10-19-6-4-5-7-21(19)23/h4-7,9,11-12,16-17,24H,8,10,13-15H2,1-3H3. The monoisotopic (exact) mass is 339 g/mol. The summed E-state index contributed by atoms with van der Waals surface area (Å²) < 4.78 is 6.05. The number of aryl methyl sites for hydroxylation is 1. The molecule has 1 aliphatic heterocycles. The Morgan fingerprint density at radius 3 is 2.76 bits per heavy atom. The largest absolute Gasteiger partial charge is 0.493 e. The highest BCUT2D eigenvalue weighted by Gasteiger charge is 2.23. The summed E-state index contributed by atoms with van der Waals surface area (Å²) in [5.41, 5.74) is 4.83. The van der Waals surface area contributed by atoms with Crippen molar-refractivity contribution in [1.29, 1.82) is 0 Å². The van der Waals surface area contributed by atoms with Gasteiger partial charge in [-0.3, -0.25) is 0 Å². The minimum atomic E-state index is 0.0591. The zero-order chi connectivity index (χ0) is 17.8. The molecular formula is C22H29NO2. The smallest absolute Gasteiger partial charge is 0.124 e. The van der Waals surface area contributed by atoms with E-state index in [-0.39, 0.29) is 6.61 Å². The number of para-hydroxylation sites is 1. The molecule has 0 saturated carbocycles. The van der Waals surface area contributed by atoms with E-state index in [1.165, 1.54) is 17.7 Å². The molecule has 0 aliphatic carbocycles. The lowest BCUT2D eigenvalue weighted by Gasteiger charge is -2.37. The fraction of sp³-hybridized carbons (Fsp3) is 0.455. The van der Waals surface area contributed by atoms with Gasteiger partial charge in [0.15, 0.2) is 0 Å². The van der Waals surface area contributed by atoms with Crippen LogP contribution in [0.5, 0.6) is 5.75 Å². The molecule has 1 N–H and O–H groups in total. The molecule has 1 unspecified atom stereocenters. The van der Waals surface area contributed by atoms with Gasteiger partial charge in [-0.05, 0) is 55.0 Å². The fourth-order valence-electron chi connectivity index (χ4n) is 3.44. The number of ether oxygens (including phenoxy) is 1. The first-order chi connectivity index (χ1) is 12.1. The molecule has 2 aromatic rings. The summed E-state index contributed by atoms with van der Waals surface area (Å²) in [6.45, 7) is 8.18. The van der Waals surface area contributed by atoms with Crippen LogP contribution in [0.25, 0.3) is 0 Å². The molecule has 0 bridgehead atoms. The molecule has 0 aromatic heterocycles. The number of hydrogen-bond acceptors (Lipinski definition) is 3. The van der Waals surface area contributed by atoms with Gasteiger partial charge in [-0.2, -0.15) is 0 Å². The van der Waals surface area contributed by atoms with Gasteiger partial charge in [0, 0.05) is 23.8 Å². The normalized spacial score (nSPS) is 16.8. The van der Waals surface area contributed by atoms with Crippen molar-refractivity contribution in [2.45, 2.75) is 52.8 Å². The molecule has 0 radical (unpaired) electrons. The van der Waals surface area contributed by atoms with Gasteiger partial charge in [-0.25, -0.2) is 0 Å². The number of aliphatic hydroxyl groups is 1. The fourth-order valence-corrected chi connectivity index (χ4v) is 3.44. The lowest BCUT2D eigenvalue weighted by atomic mass is 9.95. The first-order valence-corrected chi connectivity index (χ1v) is 9.28. The third kappa shape index (κ3) is 4.16. The van der Waals surface area contributed by atoms with Crippen molar-refractivity contribution in [1.82, 2.24) is 0 Å². The van der Waals surface area contributed by atoms with Crippen LogP contribution in [0.15, 0.2) is 42.5 Å². The van der Waals surface area contributed by atoms with Crippen LogP contribution in [0.4, 0.5) is 5.69 Å². The van der Waals surface area contributed by atoms with E-state index in [2.05, 4.69) is 56.0 Å². The van der Waals surface area contributed by atoms with Gasteiger partial charge in [0.05, 0.1) is 13.2 Å². The van der Waals surface area contributed by atoms with E-state index in [9.17, 15) is 5.11 Å². The summed E-state index contributed by atoms with van der Waals surface area (Å²) in [5, 5.41) is 9.53. The van der Waals surface area contributed by atoms with Gasteiger partial charge in [-0.15, -0.1) is 0 Å². The molecule has 3 rings (SSSR count). The zero-order valence-electron chi connectivity index (χ0n) is 15.5. The Balaban J connectivity index is 1.90. The lowest BCUT2D eigenvalue weighted by molar-refractivity contribution is 0.266. The maximum atomic E-state index is 9.53. The quantitative estimate of drug-likeness (QED) is 0.838.